The highest BCUT2D eigenvalue weighted by Gasteiger charge is 2.30. The number of anilines is 1. The number of para-hydroxylation sites is 2. The number of hydrogen-bond donors (Lipinski definition) is 3. The largest absolute Gasteiger partial charge is 0.494 e. The van der Waals surface area contributed by atoms with Gasteiger partial charge in [-0.2, -0.15) is 0 Å². The van der Waals surface area contributed by atoms with Crippen molar-refractivity contribution in [1.29, 1.82) is 0 Å². The number of aromatic amines is 1. The second-order valence-electron chi connectivity index (χ2n) is 7.27. The predicted molar refractivity (Wildman–Crippen MR) is 132 cm³/mol. The molecule has 166 valence electrons. The summed E-state index contributed by atoms with van der Waals surface area (Å²) in [4.78, 5) is 40.7. The highest BCUT2D eigenvalue weighted by atomic mass is 32.1. The molecule has 3 N–H and O–H groups in total. The Bertz CT molecular complexity index is 1420. The van der Waals surface area contributed by atoms with E-state index in [1.54, 1.807) is 61.5 Å². The first-order valence-electron chi connectivity index (χ1n) is 9.86. The molecule has 8 nitrogen and oxygen atoms in total. The molecule has 2 amide bonds. The number of carbonyl (C=O) groups excluding carboxylic acids is 2. The first kappa shape index (κ1) is 22.3. The van der Waals surface area contributed by atoms with Crippen molar-refractivity contribution in [2.45, 2.75) is 13.3 Å². The van der Waals surface area contributed by atoms with E-state index in [0.717, 1.165) is 0 Å². The summed E-state index contributed by atoms with van der Waals surface area (Å²) in [5.41, 5.74) is 1.51. The van der Waals surface area contributed by atoms with Crippen LogP contribution in [0, 0.1) is 4.77 Å². The van der Waals surface area contributed by atoms with Crippen LogP contribution in [-0.2, 0) is 9.59 Å². The standard InChI is InChI=1S/C23H18N4O4S2/c1-13(19-20(30)25-23(33)26(21(19)31)15-8-3-2-4-9-15)11-14-7-5-6-10-16(14)27-18(29)12-17(28)24-22(27)32/h2-11,31H,12H2,1H3,(H,24,28,32)(H,25,30,33)/b13-11-. The molecule has 0 radical (unpaired) electrons. The minimum absolute atomic E-state index is 0.0205. The van der Waals surface area contributed by atoms with Crippen LogP contribution in [0.15, 0.2) is 59.4 Å². The fourth-order valence-electron chi connectivity index (χ4n) is 3.61. The zero-order chi connectivity index (χ0) is 23.7. The summed E-state index contributed by atoms with van der Waals surface area (Å²) >= 11 is 10.5. The number of carbonyl (C=O) groups is 2. The Hall–Kier alpha value is -3.89. The summed E-state index contributed by atoms with van der Waals surface area (Å²) in [6.45, 7) is 1.66. The van der Waals surface area contributed by atoms with E-state index >= 15 is 0 Å². The van der Waals surface area contributed by atoms with Crippen LogP contribution in [0.25, 0.3) is 17.3 Å². The maximum atomic E-state index is 12.7. The SMILES string of the molecule is C/C(=C/c1ccccc1N1C(=O)CC(=O)NC1=S)c1c(O)n(-c2ccccc2)c(=S)[nH]c1=O. The summed E-state index contributed by atoms with van der Waals surface area (Å²) in [7, 11) is 0. The Morgan fingerprint density at radius 3 is 2.39 bits per heavy atom. The maximum absolute atomic E-state index is 12.7. The van der Waals surface area contributed by atoms with Gasteiger partial charge in [0.05, 0.1) is 11.4 Å². The smallest absolute Gasteiger partial charge is 0.263 e. The Kier molecular flexibility index (Phi) is 6.03. The van der Waals surface area contributed by atoms with Crippen molar-refractivity contribution in [2.24, 2.45) is 0 Å². The predicted octanol–water partition coefficient (Wildman–Crippen LogP) is 3.30. The Morgan fingerprint density at radius 1 is 1.03 bits per heavy atom. The molecule has 0 saturated carbocycles. The van der Waals surface area contributed by atoms with E-state index in [-0.39, 0.29) is 27.7 Å². The van der Waals surface area contributed by atoms with Gasteiger partial charge >= 0.3 is 0 Å². The average molecular weight is 479 g/mol. The highest BCUT2D eigenvalue weighted by molar-refractivity contribution is 7.80. The van der Waals surface area contributed by atoms with Crippen molar-refractivity contribution in [3.05, 3.63) is 80.8 Å². The van der Waals surface area contributed by atoms with Crippen molar-refractivity contribution in [3.8, 4) is 11.6 Å². The topological polar surface area (TPSA) is 107 Å². The van der Waals surface area contributed by atoms with Gasteiger partial charge in [0.25, 0.3) is 5.56 Å². The van der Waals surface area contributed by atoms with Crippen molar-refractivity contribution >= 4 is 58.7 Å². The first-order valence-corrected chi connectivity index (χ1v) is 10.7. The Morgan fingerprint density at radius 2 is 1.70 bits per heavy atom. The minimum Gasteiger partial charge on any atom is -0.494 e. The summed E-state index contributed by atoms with van der Waals surface area (Å²) in [6, 6.07) is 15.8. The van der Waals surface area contributed by atoms with Crippen LogP contribution in [0.2, 0.25) is 0 Å². The number of nitrogens with one attached hydrogen (secondary N) is 2. The number of amides is 2. The van der Waals surface area contributed by atoms with E-state index < -0.39 is 17.4 Å². The third-order valence-electron chi connectivity index (χ3n) is 5.06. The van der Waals surface area contributed by atoms with Gasteiger partial charge in [0, 0.05) is 0 Å². The molecule has 33 heavy (non-hydrogen) atoms. The van der Waals surface area contributed by atoms with Gasteiger partial charge in [-0.3, -0.25) is 28.8 Å². The zero-order valence-corrected chi connectivity index (χ0v) is 19.0. The number of allylic oxidation sites excluding steroid dienone is 1. The van der Waals surface area contributed by atoms with Gasteiger partial charge in [0.15, 0.2) is 9.88 Å². The number of thiocarbonyl (C=S) groups is 1. The molecule has 4 rings (SSSR count). The molecule has 1 saturated heterocycles. The lowest BCUT2D eigenvalue weighted by Crippen LogP contribution is -2.53. The number of aromatic hydroxyl groups is 1. The molecule has 1 fully saturated rings. The molecule has 0 bridgehead atoms. The van der Waals surface area contributed by atoms with E-state index in [1.165, 1.54) is 9.47 Å². The lowest BCUT2D eigenvalue weighted by atomic mass is 10.0. The third kappa shape index (κ3) is 4.26. The van der Waals surface area contributed by atoms with E-state index in [9.17, 15) is 19.5 Å². The number of H-pyrrole nitrogens is 1. The van der Waals surface area contributed by atoms with Gasteiger partial charge in [0.1, 0.15) is 12.0 Å². The fourth-order valence-corrected chi connectivity index (χ4v) is 4.21. The third-order valence-corrected chi connectivity index (χ3v) is 5.62. The molecule has 1 aromatic heterocycles. The maximum Gasteiger partial charge on any atom is 0.263 e. The van der Waals surface area contributed by atoms with Crippen molar-refractivity contribution in [1.82, 2.24) is 14.9 Å². The fraction of sp³-hybridized carbons (Fsp3) is 0.0870. The quantitative estimate of drug-likeness (QED) is 0.392. The molecule has 2 heterocycles. The zero-order valence-electron chi connectivity index (χ0n) is 17.4. The number of aromatic nitrogens is 2. The first-order chi connectivity index (χ1) is 15.8. The molecule has 0 spiro atoms. The van der Waals surface area contributed by atoms with Crippen LogP contribution < -0.4 is 15.8 Å². The van der Waals surface area contributed by atoms with Crippen LogP contribution in [0.5, 0.6) is 5.88 Å². The Labute approximate surface area is 198 Å². The number of benzene rings is 2. The van der Waals surface area contributed by atoms with Crippen LogP contribution in [0.3, 0.4) is 0 Å². The molecule has 0 aliphatic carbocycles. The molecule has 1 aliphatic rings. The molecular formula is C23H18N4O4S2. The van der Waals surface area contributed by atoms with Crippen molar-refractivity contribution < 1.29 is 14.7 Å². The summed E-state index contributed by atoms with van der Waals surface area (Å²) < 4.78 is 1.43. The average Bonchev–Trinajstić information content (AvgIpc) is 2.74. The molecule has 0 unspecified atom stereocenters. The molecule has 2 aromatic carbocycles. The van der Waals surface area contributed by atoms with E-state index in [1.807, 2.05) is 6.07 Å². The molecule has 0 atom stereocenters. The number of rotatable bonds is 4. The summed E-state index contributed by atoms with van der Waals surface area (Å²) in [6.07, 6.45) is 1.33. The van der Waals surface area contributed by atoms with E-state index in [2.05, 4.69) is 10.3 Å². The number of hydrogen-bond acceptors (Lipinski definition) is 6. The van der Waals surface area contributed by atoms with Gasteiger partial charge in [0.2, 0.25) is 17.7 Å². The van der Waals surface area contributed by atoms with E-state index in [4.69, 9.17) is 24.4 Å². The highest BCUT2D eigenvalue weighted by Crippen LogP contribution is 2.30. The van der Waals surface area contributed by atoms with Gasteiger partial charge in [-0.1, -0.05) is 36.4 Å². The summed E-state index contributed by atoms with van der Waals surface area (Å²) in [5, 5.41) is 13.5. The summed E-state index contributed by atoms with van der Waals surface area (Å²) in [5.74, 6) is -1.23. The van der Waals surface area contributed by atoms with Crippen LogP contribution in [0.4, 0.5) is 5.69 Å². The second-order valence-corrected chi connectivity index (χ2v) is 8.05. The second kappa shape index (κ2) is 8.93. The van der Waals surface area contributed by atoms with E-state index in [0.29, 0.717) is 22.5 Å². The van der Waals surface area contributed by atoms with Gasteiger partial charge in [-0.15, -0.1) is 0 Å². The van der Waals surface area contributed by atoms with Crippen molar-refractivity contribution in [2.75, 3.05) is 4.90 Å². The van der Waals surface area contributed by atoms with Gasteiger partial charge in [-0.05, 0) is 66.8 Å². The van der Waals surface area contributed by atoms with Gasteiger partial charge in [-0.25, -0.2) is 0 Å². The van der Waals surface area contributed by atoms with Crippen LogP contribution in [0.1, 0.15) is 24.5 Å². The molecular weight excluding hydrogens is 460 g/mol. The lowest BCUT2D eigenvalue weighted by Gasteiger charge is -2.28. The van der Waals surface area contributed by atoms with Crippen LogP contribution in [-0.4, -0.2) is 31.6 Å². The molecule has 3 aromatic rings. The normalized spacial score (nSPS) is 14.4. The van der Waals surface area contributed by atoms with Crippen molar-refractivity contribution in [3.63, 3.8) is 0 Å². The molecule has 10 heteroatoms. The monoisotopic (exact) mass is 478 g/mol. The minimum atomic E-state index is -0.548. The van der Waals surface area contributed by atoms with Gasteiger partial charge < -0.3 is 10.4 Å². The number of nitrogens with zero attached hydrogens (tertiary/aromatic N) is 2. The Balaban J connectivity index is 1.84. The lowest BCUT2D eigenvalue weighted by molar-refractivity contribution is -0.127. The molecule has 1 aliphatic heterocycles. The van der Waals surface area contributed by atoms with Crippen LogP contribution >= 0.6 is 24.4 Å².